The molecule has 3 rings (SSSR count). The Labute approximate surface area is 154 Å². The fourth-order valence-electron chi connectivity index (χ4n) is 3.00. The van der Waals surface area contributed by atoms with Crippen molar-refractivity contribution in [3.05, 3.63) is 53.1 Å². The first-order valence-corrected chi connectivity index (χ1v) is 9.55. The molecule has 0 saturated heterocycles. The van der Waals surface area contributed by atoms with Crippen LogP contribution < -0.4 is 10.3 Å². The summed E-state index contributed by atoms with van der Waals surface area (Å²) in [7, 11) is 0. The van der Waals surface area contributed by atoms with Crippen molar-refractivity contribution in [3.63, 3.8) is 0 Å². The van der Waals surface area contributed by atoms with Gasteiger partial charge in [0.05, 0.1) is 12.3 Å². The lowest BCUT2D eigenvalue weighted by atomic mass is 10.1. The number of unbranched alkanes of at least 4 members (excludes halogenated alkanes) is 3. The van der Waals surface area contributed by atoms with Crippen LogP contribution in [0.5, 0.6) is 5.75 Å². The molecule has 2 heterocycles. The van der Waals surface area contributed by atoms with Crippen LogP contribution in [0.25, 0.3) is 16.8 Å². The number of para-hydroxylation sites is 1. The summed E-state index contributed by atoms with van der Waals surface area (Å²) in [6, 6.07) is 9.73. The van der Waals surface area contributed by atoms with Gasteiger partial charge < -0.3 is 9.30 Å². The van der Waals surface area contributed by atoms with Crippen LogP contribution in [-0.2, 0) is 6.54 Å². The number of ether oxygens (including phenoxy) is 1. The highest BCUT2D eigenvalue weighted by Crippen LogP contribution is 2.29. The summed E-state index contributed by atoms with van der Waals surface area (Å²) in [6.07, 6.45) is 9.07. The molecule has 0 atom stereocenters. The van der Waals surface area contributed by atoms with E-state index in [2.05, 4.69) is 18.9 Å². The van der Waals surface area contributed by atoms with Gasteiger partial charge in [-0.1, -0.05) is 45.2 Å². The lowest BCUT2D eigenvalue weighted by Gasteiger charge is -2.09. The highest BCUT2D eigenvalue weighted by Gasteiger charge is 2.12. The number of nitrogens with zero attached hydrogens (tertiary/aromatic N) is 3. The van der Waals surface area contributed by atoms with E-state index in [0.29, 0.717) is 12.1 Å². The van der Waals surface area contributed by atoms with Crippen molar-refractivity contribution in [2.24, 2.45) is 0 Å². The Balaban J connectivity index is 1.92. The molecule has 0 radical (unpaired) electrons. The van der Waals surface area contributed by atoms with Crippen molar-refractivity contribution in [3.8, 4) is 17.0 Å². The topological polar surface area (TPSA) is 48.5 Å². The Kier molecular flexibility index (Phi) is 6.10. The van der Waals surface area contributed by atoms with Gasteiger partial charge >= 0.3 is 0 Å². The summed E-state index contributed by atoms with van der Waals surface area (Å²) >= 11 is 0. The van der Waals surface area contributed by atoms with E-state index in [1.807, 2.05) is 42.7 Å². The quantitative estimate of drug-likeness (QED) is 0.531. The third-order valence-corrected chi connectivity index (χ3v) is 4.52. The number of rotatable bonds is 9. The normalized spacial score (nSPS) is 11.2. The maximum absolute atomic E-state index is 12.7. The minimum atomic E-state index is 0.00624. The minimum Gasteiger partial charge on any atom is -0.493 e. The molecular formula is C21H27N3O2. The third-order valence-electron chi connectivity index (χ3n) is 4.52. The summed E-state index contributed by atoms with van der Waals surface area (Å²) in [4.78, 5) is 12.7. The Morgan fingerprint density at radius 3 is 2.65 bits per heavy atom. The Morgan fingerprint density at radius 2 is 1.85 bits per heavy atom. The maximum atomic E-state index is 12.7. The molecule has 0 spiro atoms. The molecule has 138 valence electrons. The molecular weight excluding hydrogens is 326 g/mol. The van der Waals surface area contributed by atoms with E-state index in [1.54, 1.807) is 9.08 Å². The van der Waals surface area contributed by atoms with Crippen molar-refractivity contribution in [2.45, 2.75) is 52.5 Å². The predicted octanol–water partition coefficient (Wildman–Crippen LogP) is 4.53. The average Bonchev–Trinajstić information content (AvgIpc) is 3.09. The molecule has 26 heavy (non-hydrogen) atoms. The molecule has 0 amide bonds. The number of benzene rings is 1. The zero-order valence-electron chi connectivity index (χ0n) is 15.6. The summed E-state index contributed by atoms with van der Waals surface area (Å²) in [6.45, 7) is 5.74. The van der Waals surface area contributed by atoms with Crippen molar-refractivity contribution in [1.82, 2.24) is 14.2 Å². The second-order valence-electron chi connectivity index (χ2n) is 6.56. The molecule has 0 aliphatic rings. The highest BCUT2D eigenvalue weighted by atomic mass is 16.5. The van der Waals surface area contributed by atoms with E-state index in [4.69, 9.17) is 4.74 Å². The van der Waals surface area contributed by atoms with Crippen molar-refractivity contribution in [1.29, 1.82) is 0 Å². The second kappa shape index (κ2) is 8.70. The number of hydrogen-bond donors (Lipinski definition) is 0. The molecule has 0 bridgehead atoms. The molecule has 0 N–H and O–H groups in total. The first kappa shape index (κ1) is 18.2. The Bertz CT molecular complexity index is 911. The van der Waals surface area contributed by atoms with Gasteiger partial charge in [-0.15, -0.1) is 0 Å². The van der Waals surface area contributed by atoms with E-state index in [9.17, 15) is 4.79 Å². The molecule has 0 aliphatic heterocycles. The van der Waals surface area contributed by atoms with Gasteiger partial charge in [0.15, 0.2) is 0 Å². The Hall–Kier alpha value is -2.56. The van der Waals surface area contributed by atoms with Gasteiger partial charge in [0, 0.05) is 24.5 Å². The smallest absolute Gasteiger partial charge is 0.276 e. The summed E-state index contributed by atoms with van der Waals surface area (Å²) in [5.41, 5.74) is 2.29. The summed E-state index contributed by atoms with van der Waals surface area (Å²) in [5, 5.41) is 4.59. The zero-order valence-corrected chi connectivity index (χ0v) is 15.6. The van der Waals surface area contributed by atoms with Crippen LogP contribution in [0.1, 0.15) is 46.0 Å². The third kappa shape index (κ3) is 3.98. The van der Waals surface area contributed by atoms with Crippen LogP contribution in [0.15, 0.2) is 47.5 Å². The second-order valence-corrected chi connectivity index (χ2v) is 6.56. The van der Waals surface area contributed by atoms with Gasteiger partial charge in [0.1, 0.15) is 11.3 Å². The van der Waals surface area contributed by atoms with E-state index in [1.165, 1.54) is 0 Å². The van der Waals surface area contributed by atoms with Crippen LogP contribution in [0.2, 0.25) is 0 Å². The minimum absolute atomic E-state index is 0.00624. The van der Waals surface area contributed by atoms with E-state index in [-0.39, 0.29) is 5.56 Å². The van der Waals surface area contributed by atoms with Crippen LogP contribution in [0.3, 0.4) is 0 Å². The standard InChI is InChI=1S/C21H27N3O2/c1-3-5-9-12-23-13-14-24-19(21(23)25)16-18(22-24)17-10-7-8-11-20(17)26-15-6-4-2/h7-8,10-11,13-14,16H,3-6,9,12,15H2,1-2H3. The first-order chi connectivity index (χ1) is 12.7. The molecule has 5 heteroatoms. The van der Waals surface area contributed by atoms with Gasteiger partial charge in [0.25, 0.3) is 5.56 Å². The van der Waals surface area contributed by atoms with Gasteiger partial charge in [-0.05, 0) is 31.0 Å². The molecule has 0 aliphatic carbocycles. The molecule has 3 aromatic rings. The van der Waals surface area contributed by atoms with Crippen molar-refractivity contribution >= 4 is 5.52 Å². The van der Waals surface area contributed by atoms with E-state index < -0.39 is 0 Å². The van der Waals surface area contributed by atoms with Crippen LogP contribution >= 0.6 is 0 Å². The van der Waals surface area contributed by atoms with Crippen LogP contribution in [0, 0.1) is 0 Å². The lowest BCUT2D eigenvalue weighted by molar-refractivity contribution is 0.310. The van der Waals surface area contributed by atoms with E-state index >= 15 is 0 Å². The molecule has 5 nitrogen and oxygen atoms in total. The molecule has 2 aromatic heterocycles. The van der Waals surface area contributed by atoms with Crippen molar-refractivity contribution < 1.29 is 4.74 Å². The van der Waals surface area contributed by atoms with Gasteiger partial charge in [-0.2, -0.15) is 5.10 Å². The summed E-state index contributed by atoms with van der Waals surface area (Å²) < 4.78 is 9.36. The van der Waals surface area contributed by atoms with Gasteiger partial charge in [-0.25, -0.2) is 4.52 Å². The first-order valence-electron chi connectivity index (χ1n) is 9.55. The van der Waals surface area contributed by atoms with Gasteiger partial charge in [0.2, 0.25) is 0 Å². The molecule has 0 saturated carbocycles. The molecule has 0 unspecified atom stereocenters. The fraction of sp³-hybridized carbons (Fsp3) is 0.429. The average molecular weight is 353 g/mol. The van der Waals surface area contributed by atoms with Crippen LogP contribution in [0.4, 0.5) is 0 Å². The van der Waals surface area contributed by atoms with Crippen LogP contribution in [-0.4, -0.2) is 20.8 Å². The SMILES string of the molecule is CCCCCn1ccn2nc(-c3ccccc3OCCCC)cc2c1=O. The number of aryl methyl sites for hydroxylation is 1. The lowest BCUT2D eigenvalue weighted by Crippen LogP contribution is -2.21. The molecule has 0 fully saturated rings. The number of hydrogen-bond acceptors (Lipinski definition) is 3. The number of aromatic nitrogens is 3. The summed E-state index contributed by atoms with van der Waals surface area (Å²) in [5.74, 6) is 0.813. The zero-order chi connectivity index (χ0) is 18.4. The predicted molar refractivity (Wildman–Crippen MR) is 105 cm³/mol. The van der Waals surface area contributed by atoms with E-state index in [0.717, 1.165) is 55.7 Å². The fourth-order valence-corrected chi connectivity index (χ4v) is 3.00. The molecule has 1 aromatic carbocycles. The largest absolute Gasteiger partial charge is 0.493 e. The highest BCUT2D eigenvalue weighted by molar-refractivity contribution is 5.71. The number of fused-ring (bicyclic) bond motifs is 1. The monoisotopic (exact) mass is 353 g/mol. The van der Waals surface area contributed by atoms with Gasteiger partial charge in [-0.3, -0.25) is 4.79 Å². The van der Waals surface area contributed by atoms with Crippen molar-refractivity contribution in [2.75, 3.05) is 6.61 Å². The maximum Gasteiger partial charge on any atom is 0.276 e. The Morgan fingerprint density at radius 1 is 1.04 bits per heavy atom.